The van der Waals surface area contributed by atoms with Gasteiger partial charge in [0, 0.05) is 18.8 Å². The molecule has 1 aromatic rings. The maximum absolute atomic E-state index is 12.2. The van der Waals surface area contributed by atoms with Crippen molar-refractivity contribution < 1.29 is 9.53 Å². The van der Waals surface area contributed by atoms with Gasteiger partial charge in [-0.05, 0) is 40.2 Å². The molecule has 1 aromatic heterocycles. The first-order valence-electron chi connectivity index (χ1n) is 6.67. The van der Waals surface area contributed by atoms with Crippen LogP contribution < -0.4 is 0 Å². The largest absolute Gasteiger partial charge is 0.368 e. The molecule has 102 valence electrons. The zero-order valence-corrected chi connectivity index (χ0v) is 12.1. The van der Waals surface area contributed by atoms with Crippen molar-refractivity contribution in [3.63, 3.8) is 0 Å². The highest BCUT2D eigenvalue weighted by molar-refractivity contribution is 5.88. The van der Waals surface area contributed by atoms with Crippen molar-refractivity contribution in [2.45, 2.75) is 59.6 Å². The van der Waals surface area contributed by atoms with Crippen LogP contribution in [0.15, 0.2) is 6.07 Å². The molecule has 18 heavy (non-hydrogen) atoms. The third kappa shape index (κ3) is 3.42. The number of aromatic nitrogens is 2. The lowest BCUT2D eigenvalue weighted by Gasteiger charge is -2.23. The van der Waals surface area contributed by atoms with Crippen molar-refractivity contribution in [2.75, 3.05) is 6.61 Å². The highest BCUT2D eigenvalue weighted by Crippen LogP contribution is 2.15. The number of aryl methyl sites for hydroxylation is 2. The molecule has 0 aliphatic heterocycles. The van der Waals surface area contributed by atoms with Gasteiger partial charge in [0.2, 0.25) is 0 Å². The molecule has 0 aliphatic rings. The Hall–Kier alpha value is -1.16. The monoisotopic (exact) mass is 252 g/mol. The normalized spacial score (nSPS) is 11.8. The Kier molecular flexibility index (Phi) is 5.08. The lowest BCUT2D eigenvalue weighted by atomic mass is 9.99. The fourth-order valence-electron chi connectivity index (χ4n) is 1.92. The maximum Gasteiger partial charge on any atom is 0.169 e. The molecule has 0 unspecified atom stereocenters. The van der Waals surface area contributed by atoms with Gasteiger partial charge in [0.15, 0.2) is 5.78 Å². The average Bonchev–Trinajstić information content (AvgIpc) is 2.71. The summed E-state index contributed by atoms with van der Waals surface area (Å²) in [5, 5.41) is 4.45. The lowest BCUT2D eigenvalue weighted by Crippen LogP contribution is -2.36. The van der Waals surface area contributed by atoms with E-state index in [4.69, 9.17) is 4.74 Å². The molecule has 0 fully saturated rings. The van der Waals surface area contributed by atoms with E-state index in [1.807, 2.05) is 38.4 Å². The van der Waals surface area contributed by atoms with E-state index >= 15 is 0 Å². The van der Waals surface area contributed by atoms with Crippen molar-refractivity contribution >= 4 is 5.78 Å². The highest BCUT2D eigenvalue weighted by Gasteiger charge is 2.28. The van der Waals surface area contributed by atoms with Crippen LogP contribution in [0.5, 0.6) is 0 Å². The van der Waals surface area contributed by atoms with Crippen molar-refractivity contribution in [1.29, 1.82) is 0 Å². The predicted octanol–water partition coefficient (Wildman–Crippen LogP) is 2.39. The van der Waals surface area contributed by atoms with Crippen molar-refractivity contribution in [3.05, 3.63) is 17.5 Å². The van der Waals surface area contributed by atoms with Crippen molar-refractivity contribution in [2.24, 2.45) is 0 Å². The third-order valence-corrected chi connectivity index (χ3v) is 3.09. The van der Waals surface area contributed by atoms with E-state index in [2.05, 4.69) is 12.0 Å². The van der Waals surface area contributed by atoms with Gasteiger partial charge in [-0.25, -0.2) is 0 Å². The van der Waals surface area contributed by atoms with Crippen LogP contribution in [0.1, 0.15) is 46.0 Å². The Labute approximate surface area is 109 Å². The van der Waals surface area contributed by atoms with Crippen LogP contribution in [0.2, 0.25) is 0 Å². The fourth-order valence-corrected chi connectivity index (χ4v) is 1.92. The SMILES string of the molecule is CCOC(C)(C)C(=O)Cc1cc(CC)nn1CC. The Bertz CT molecular complexity index is 408. The third-order valence-electron chi connectivity index (χ3n) is 3.09. The molecule has 0 atom stereocenters. The minimum Gasteiger partial charge on any atom is -0.368 e. The standard InChI is InChI=1S/C14H24N2O2/c1-6-11-9-12(16(7-2)15-11)10-13(17)14(4,5)18-8-3/h9H,6-8,10H2,1-5H3. The molecule has 1 rings (SSSR count). The summed E-state index contributed by atoms with van der Waals surface area (Å²) in [4.78, 5) is 12.2. The molecule has 0 radical (unpaired) electrons. The summed E-state index contributed by atoms with van der Waals surface area (Å²) in [7, 11) is 0. The number of carbonyl (C=O) groups excluding carboxylic acids is 1. The van der Waals surface area contributed by atoms with Gasteiger partial charge in [0.05, 0.1) is 12.1 Å². The maximum atomic E-state index is 12.2. The molecule has 0 amide bonds. The van der Waals surface area contributed by atoms with E-state index in [1.54, 1.807) is 0 Å². The molecule has 4 heteroatoms. The number of Topliss-reactive ketones (excluding diaryl/α,β-unsaturated/α-hetero) is 1. The summed E-state index contributed by atoms with van der Waals surface area (Å²) < 4.78 is 7.39. The van der Waals surface area contributed by atoms with Crippen LogP contribution in [0, 0.1) is 0 Å². The van der Waals surface area contributed by atoms with Crippen LogP contribution >= 0.6 is 0 Å². The lowest BCUT2D eigenvalue weighted by molar-refractivity contribution is -0.139. The Morgan fingerprint density at radius 3 is 2.56 bits per heavy atom. The topological polar surface area (TPSA) is 44.1 Å². The second-order valence-electron chi connectivity index (χ2n) is 4.84. The quantitative estimate of drug-likeness (QED) is 0.748. The zero-order valence-electron chi connectivity index (χ0n) is 12.1. The molecule has 0 spiro atoms. The second kappa shape index (κ2) is 6.14. The highest BCUT2D eigenvalue weighted by atomic mass is 16.5. The van der Waals surface area contributed by atoms with Crippen molar-refractivity contribution in [3.8, 4) is 0 Å². The number of carbonyl (C=O) groups is 1. The smallest absolute Gasteiger partial charge is 0.169 e. The van der Waals surface area contributed by atoms with Crippen LogP contribution in [0.4, 0.5) is 0 Å². The summed E-state index contributed by atoms with van der Waals surface area (Å²) in [5.74, 6) is 0.0987. The van der Waals surface area contributed by atoms with Gasteiger partial charge in [-0.1, -0.05) is 6.92 Å². The number of ether oxygens (including phenoxy) is 1. The van der Waals surface area contributed by atoms with E-state index < -0.39 is 5.60 Å². The Morgan fingerprint density at radius 1 is 1.39 bits per heavy atom. The number of ketones is 1. The van der Waals surface area contributed by atoms with Gasteiger partial charge in [-0.3, -0.25) is 9.48 Å². The number of hydrogen-bond acceptors (Lipinski definition) is 3. The molecule has 1 heterocycles. The molecular formula is C14H24N2O2. The van der Waals surface area contributed by atoms with Gasteiger partial charge < -0.3 is 4.74 Å². The summed E-state index contributed by atoms with van der Waals surface area (Å²) in [6.45, 7) is 11.0. The van der Waals surface area contributed by atoms with Crippen LogP contribution in [-0.4, -0.2) is 27.8 Å². The van der Waals surface area contributed by atoms with E-state index in [9.17, 15) is 4.79 Å². The minimum absolute atomic E-state index is 0.0987. The minimum atomic E-state index is -0.718. The molecule has 0 saturated heterocycles. The van der Waals surface area contributed by atoms with Crippen molar-refractivity contribution in [1.82, 2.24) is 9.78 Å². The molecule has 0 aliphatic carbocycles. The Balaban J connectivity index is 2.84. The van der Waals surface area contributed by atoms with Crippen LogP contribution in [0.3, 0.4) is 0 Å². The van der Waals surface area contributed by atoms with Gasteiger partial charge in [0.25, 0.3) is 0 Å². The first kappa shape index (κ1) is 14.9. The zero-order chi connectivity index (χ0) is 13.8. The first-order valence-corrected chi connectivity index (χ1v) is 6.67. The van der Waals surface area contributed by atoms with Gasteiger partial charge in [-0.15, -0.1) is 0 Å². The van der Waals surface area contributed by atoms with E-state index in [0.717, 1.165) is 24.4 Å². The average molecular weight is 252 g/mol. The number of rotatable bonds is 7. The second-order valence-corrected chi connectivity index (χ2v) is 4.84. The van der Waals surface area contributed by atoms with Crippen LogP contribution in [0.25, 0.3) is 0 Å². The molecule has 0 N–H and O–H groups in total. The van der Waals surface area contributed by atoms with E-state index in [1.165, 1.54) is 0 Å². The fraction of sp³-hybridized carbons (Fsp3) is 0.714. The summed E-state index contributed by atoms with van der Waals surface area (Å²) in [6, 6.07) is 2.02. The summed E-state index contributed by atoms with van der Waals surface area (Å²) in [6.07, 6.45) is 1.27. The van der Waals surface area contributed by atoms with Gasteiger partial charge in [-0.2, -0.15) is 5.10 Å². The molecule has 4 nitrogen and oxygen atoms in total. The predicted molar refractivity (Wildman–Crippen MR) is 71.7 cm³/mol. The molecule has 0 aromatic carbocycles. The van der Waals surface area contributed by atoms with Gasteiger partial charge >= 0.3 is 0 Å². The number of hydrogen-bond donors (Lipinski definition) is 0. The van der Waals surface area contributed by atoms with E-state index in [0.29, 0.717) is 13.0 Å². The summed E-state index contributed by atoms with van der Waals surface area (Å²) in [5.41, 5.74) is 1.30. The Morgan fingerprint density at radius 2 is 2.06 bits per heavy atom. The molecule has 0 saturated carbocycles. The molecular weight excluding hydrogens is 228 g/mol. The first-order chi connectivity index (χ1) is 8.44. The summed E-state index contributed by atoms with van der Waals surface area (Å²) >= 11 is 0. The van der Waals surface area contributed by atoms with Gasteiger partial charge in [0.1, 0.15) is 5.60 Å². The molecule has 0 bridgehead atoms. The van der Waals surface area contributed by atoms with E-state index in [-0.39, 0.29) is 5.78 Å². The number of nitrogens with zero attached hydrogens (tertiary/aromatic N) is 2. The van der Waals surface area contributed by atoms with Crippen LogP contribution in [-0.2, 0) is 28.9 Å².